The molecule has 2 amide bonds. The molecule has 2 saturated heterocycles. The summed E-state index contributed by atoms with van der Waals surface area (Å²) in [7, 11) is 0. The van der Waals surface area contributed by atoms with Crippen LogP contribution in [0, 0.1) is 0 Å². The molecule has 23 heavy (non-hydrogen) atoms. The Balaban J connectivity index is 1.59. The smallest absolute Gasteiger partial charge is 0.242 e. The first-order valence-corrected chi connectivity index (χ1v) is 8.55. The van der Waals surface area contributed by atoms with Gasteiger partial charge in [0.05, 0.1) is 6.54 Å². The molecule has 0 saturated carbocycles. The fourth-order valence-electron chi connectivity index (χ4n) is 3.46. The highest BCUT2D eigenvalue weighted by Gasteiger charge is 2.27. The van der Waals surface area contributed by atoms with Crippen molar-refractivity contribution < 1.29 is 9.59 Å². The molecule has 2 aliphatic rings. The topological polar surface area (TPSA) is 66.4 Å². The van der Waals surface area contributed by atoms with E-state index in [1.54, 1.807) is 17.4 Å². The fraction of sp³-hybridized carbons (Fsp3) is 0.647. The maximum atomic E-state index is 12.6. The molecular formula is C17H24N4O2. The van der Waals surface area contributed by atoms with E-state index in [1.807, 2.05) is 11.0 Å². The van der Waals surface area contributed by atoms with E-state index in [4.69, 9.17) is 0 Å². The maximum absolute atomic E-state index is 12.6. The average molecular weight is 316 g/mol. The molecule has 2 fully saturated rings. The number of aromatic nitrogens is 2. The summed E-state index contributed by atoms with van der Waals surface area (Å²) in [5, 5.41) is 0. The molecule has 0 spiro atoms. The Morgan fingerprint density at radius 3 is 2.96 bits per heavy atom. The van der Waals surface area contributed by atoms with Gasteiger partial charge in [0.1, 0.15) is 6.33 Å². The lowest BCUT2D eigenvalue weighted by Crippen LogP contribution is -2.46. The second-order valence-corrected chi connectivity index (χ2v) is 6.44. The molecule has 6 nitrogen and oxygen atoms in total. The van der Waals surface area contributed by atoms with Gasteiger partial charge in [0.15, 0.2) is 0 Å². The molecule has 1 atom stereocenters. The van der Waals surface area contributed by atoms with Crippen molar-refractivity contribution in [3.8, 4) is 0 Å². The lowest BCUT2D eigenvalue weighted by atomic mass is 9.94. The Bertz CT molecular complexity index is 549. The van der Waals surface area contributed by atoms with Gasteiger partial charge in [0, 0.05) is 43.9 Å². The van der Waals surface area contributed by atoms with Crippen LogP contribution in [0.15, 0.2) is 18.6 Å². The Morgan fingerprint density at radius 1 is 1.22 bits per heavy atom. The Labute approximate surface area is 136 Å². The maximum Gasteiger partial charge on any atom is 0.242 e. The Morgan fingerprint density at radius 2 is 2.13 bits per heavy atom. The molecule has 0 N–H and O–H groups in total. The van der Waals surface area contributed by atoms with Gasteiger partial charge in [-0.3, -0.25) is 9.59 Å². The number of hydrogen-bond donors (Lipinski definition) is 0. The molecule has 3 heterocycles. The van der Waals surface area contributed by atoms with Crippen molar-refractivity contribution in [2.24, 2.45) is 0 Å². The Hall–Kier alpha value is -1.98. The summed E-state index contributed by atoms with van der Waals surface area (Å²) in [6, 6.07) is 1.93. The predicted molar refractivity (Wildman–Crippen MR) is 85.6 cm³/mol. The van der Waals surface area contributed by atoms with E-state index < -0.39 is 0 Å². The normalized spacial score (nSPS) is 22.8. The molecule has 0 unspecified atom stereocenters. The number of hydrogen-bond acceptors (Lipinski definition) is 4. The van der Waals surface area contributed by atoms with Gasteiger partial charge in [-0.1, -0.05) is 6.42 Å². The van der Waals surface area contributed by atoms with Crippen LogP contribution in [-0.4, -0.2) is 57.8 Å². The summed E-state index contributed by atoms with van der Waals surface area (Å²) in [5.74, 6) is 0.467. The largest absolute Gasteiger partial charge is 0.340 e. The number of amides is 2. The minimum atomic E-state index is 0.0685. The van der Waals surface area contributed by atoms with Crippen molar-refractivity contribution in [2.75, 3.05) is 26.2 Å². The van der Waals surface area contributed by atoms with Crippen LogP contribution < -0.4 is 0 Å². The monoisotopic (exact) mass is 316 g/mol. The molecule has 0 aromatic carbocycles. The van der Waals surface area contributed by atoms with E-state index in [0.29, 0.717) is 19.5 Å². The summed E-state index contributed by atoms with van der Waals surface area (Å²) in [5.41, 5.74) is 1.00. The van der Waals surface area contributed by atoms with Crippen LogP contribution in [0.3, 0.4) is 0 Å². The highest BCUT2D eigenvalue weighted by molar-refractivity contribution is 5.85. The van der Waals surface area contributed by atoms with Crippen molar-refractivity contribution in [3.63, 3.8) is 0 Å². The first-order chi connectivity index (χ1) is 11.2. The van der Waals surface area contributed by atoms with Crippen LogP contribution in [0.4, 0.5) is 0 Å². The highest BCUT2D eigenvalue weighted by atomic mass is 16.2. The first kappa shape index (κ1) is 15.9. The molecule has 0 radical (unpaired) electrons. The van der Waals surface area contributed by atoms with Gasteiger partial charge in [-0.15, -0.1) is 0 Å². The van der Waals surface area contributed by atoms with Crippen molar-refractivity contribution in [2.45, 2.75) is 44.4 Å². The van der Waals surface area contributed by atoms with Crippen LogP contribution >= 0.6 is 0 Å². The zero-order valence-electron chi connectivity index (χ0n) is 13.5. The summed E-state index contributed by atoms with van der Waals surface area (Å²) in [4.78, 5) is 36.6. The van der Waals surface area contributed by atoms with Crippen molar-refractivity contribution >= 4 is 11.8 Å². The number of likely N-dealkylation sites (tertiary alicyclic amines) is 2. The van der Waals surface area contributed by atoms with Gasteiger partial charge in [0.2, 0.25) is 11.8 Å². The van der Waals surface area contributed by atoms with E-state index >= 15 is 0 Å². The van der Waals surface area contributed by atoms with E-state index in [-0.39, 0.29) is 24.3 Å². The number of nitrogens with zero attached hydrogens (tertiary/aromatic N) is 4. The quantitative estimate of drug-likeness (QED) is 0.849. The predicted octanol–water partition coefficient (Wildman–Crippen LogP) is 1.59. The third kappa shape index (κ3) is 4.06. The summed E-state index contributed by atoms with van der Waals surface area (Å²) >= 11 is 0. The van der Waals surface area contributed by atoms with E-state index in [9.17, 15) is 9.59 Å². The lowest BCUT2D eigenvalue weighted by Gasteiger charge is -2.34. The van der Waals surface area contributed by atoms with Gasteiger partial charge in [0.25, 0.3) is 0 Å². The van der Waals surface area contributed by atoms with Gasteiger partial charge >= 0.3 is 0 Å². The standard InChI is InChI=1S/C17H24N4O2/c22-16-6-2-1-3-9-21(16)12-17(23)20-10-4-5-14(11-20)15-7-8-18-13-19-15/h7-8,13-14H,1-6,9-12H2/t14-/m1/s1. The number of piperidine rings is 1. The first-order valence-electron chi connectivity index (χ1n) is 8.55. The minimum Gasteiger partial charge on any atom is -0.340 e. The summed E-state index contributed by atoms with van der Waals surface area (Å²) in [6.45, 7) is 2.42. The number of carbonyl (C=O) groups is 2. The summed E-state index contributed by atoms with van der Waals surface area (Å²) < 4.78 is 0. The molecule has 124 valence electrons. The van der Waals surface area contributed by atoms with E-state index in [0.717, 1.165) is 44.3 Å². The zero-order valence-corrected chi connectivity index (χ0v) is 13.5. The van der Waals surface area contributed by atoms with Crippen LogP contribution in [0.2, 0.25) is 0 Å². The summed E-state index contributed by atoms with van der Waals surface area (Å²) in [6.07, 6.45) is 8.95. The van der Waals surface area contributed by atoms with Gasteiger partial charge in [-0.25, -0.2) is 9.97 Å². The third-order valence-electron chi connectivity index (χ3n) is 4.79. The van der Waals surface area contributed by atoms with Crippen LogP contribution in [0.5, 0.6) is 0 Å². The van der Waals surface area contributed by atoms with Crippen molar-refractivity contribution in [1.29, 1.82) is 0 Å². The third-order valence-corrected chi connectivity index (χ3v) is 4.79. The molecule has 1 aromatic rings. The molecule has 2 aliphatic heterocycles. The van der Waals surface area contributed by atoms with Crippen molar-refractivity contribution in [1.82, 2.24) is 19.8 Å². The second-order valence-electron chi connectivity index (χ2n) is 6.44. The molecule has 0 aliphatic carbocycles. The molecule has 1 aromatic heterocycles. The molecule has 3 rings (SSSR count). The lowest BCUT2D eigenvalue weighted by molar-refractivity contribution is -0.140. The fourth-order valence-corrected chi connectivity index (χ4v) is 3.46. The minimum absolute atomic E-state index is 0.0685. The SMILES string of the molecule is O=C1CCCCCN1CC(=O)N1CCC[C@@H](c2ccncn2)C1. The highest BCUT2D eigenvalue weighted by Crippen LogP contribution is 2.25. The van der Waals surface area contributed by atoms with Gasteiger partial charge < -0.3 is 9.80 Å². The van der Waals surface area contributed by atoms with Crippen LogP contribution in [-0.2, 0) is 9.59 Å². The van der Waals surface area contributed by atoms with Crippen LogP contribution in [0.25, 0.3) is 0 Å². The van der Waals surface area contributed by atoms with Gasteiger partial charge in [-0.05, 0) is 31.7 Å². The molecular weight excluding hydrogens is 292 g/mol. The molecule has 6 heteroatoms. The number of carbonyl (C=O) groups excluding carboxylic acids is 2. The number of rotatable bonds is 3. The zero-order chi connectivity index (χ0) is 16.1. The second kappa shape index (κ2) is 7.53. The van der Waals surface area contributed by atoms with E-state index in [1.165, 1.54) is 0 Å². The van der Waals surface area contributed by atoms with Crippen molar-refractivity contribution in [3.05, 3.63) is 24.3 Å². The van der Waals surface area contributed by atoms with E-state index in [2.05, 4.69) is 9.97 Å². The average Bonchev–Trinajstić information content (AvgIpc) is 2.80. The van der Waals surface area contributed by atoms with Crippen LogP contribution in [0.1, 0.15) is 50.1 Å². The molecule has 0 bridgehead atoms. The Kier molecular flexibility index (Phi) is 5.20. The van der Waals surface area contributed by atoms with Gasteiger partial charge in [-0.2, -0.15) is 0 Å².